The molecule has 2 aliphatic rings. The topological polar surface area (TPSA) is 149 Å². The van der Waals surface area contributed by atoms with Crippen LogP contribution in [0.5, 0.6) is 5.75 Å². The average molecular weight is 526 g/mol. The lowest BCUT2D eigenvalue weighted by molar-refractivity contribution is -0.385. The molecule has 0 spiro atoms. The molecule has 0 saturated carbocycles. The molecule has 5 N–H and O–H groups in total. The molecule has 2 amide bonds. The number of nitro benzene ring substituents is 1. The summed E-state index contributed by atoms with van der Waals surface area (Å²) < 4.78 is 5.21. The van der Waals surface area contributed by atoms with Crippen LogP contribution >= 0.6 is 0 Å². The van der Waals surface area contributed by atoms with Crippen LogP contribution in [0.1, 0.15) is 29.8 Å². The van der Waals surface area contributed by atoms with Crippen molar-refractivity contribution in [2.75, 3.05) is 17.7 Å². The molecule has 39 heavy (non-hydrogen) atoms. The van der Waals surface area contributed by atoms with Crippen molar-refractivity contribution in [3.8, 4) is 16.9 Å². The van der Waals surface area contributed by atoms with E-state index >= 15 is 0 Å². The summed E-state index contributed by atoms with van der Waals surface area (Å²) in [6.07, 6.45) is 5.59. The summed E-state index contributed by atoms with van der Waals surface area (Å²) in [6, 6.07) is 15.7. The lowest BCUT2D eigenvalue weighted by Crippen LogP contribution is -2.37. The van der Waals surface area contributed by atoms with E-state index < -0.39 is 22.3 Å². The Morgan fingerprint density at radius 2 is 1.77 bits per heavy atom. The summed E-state index contributed by atoms with van der Waals surface area (Å²) >= 11 is 0. The van der Waals surface area contributed by atoms with Crippen molar-refractivity contribution in [3.05, 3.63) is 99.8 Å². The molecular weight excluding hydrogens is 498 g/mol. The number of amides is 2. The second kappa shape index (κ2) is 9.64. The minimum atomic E-state index is -0.630. The van der Waals surface area contributed by atoms with Gasteiger partial charge in [-0.3, -0.25) is 19.7 Å². The number of nitrogens with two attached hydrogens (primary N) is 1. The van der Waals surface area contributed by atoms with E-state index in [1.807, 2.05) is 43.3 Å². The number of nitrogens with one attached hydrogen (secondary N) is 3. The van der Waals surface area contributed by atoms with Crippen LogP contribution in [-0.4, -0.2) is 23.8 Å². The largest absolute Gasteiger partial charge is 0.490 e. The number of hydrogen-bond acceptors (Lipinski definition) is 7. The summed E-state index contributed by atoms with van der Waals surface area (Å²) in [5.41, 5.74) is 10.3. The number of hydrogen-bond donors (Lipinski definition) is 4. The lowest BCUT2D eigenvalue weighted by atomic mass is 9.84. The van der Waals surface area contributed by atoms with Crippen LogP contribution in [-0.2, 0) is 10.3 Å². The van der Waals surface area contributed by atoms with Gasteiger partial charge in [0.15, 0.2) is 5.75 Å². The molecule has 5 rings (SSSR count). The van der Waals surface area contributed by atoms with Gasteiger partial charge in [0.25, 0.3) is 5.91 Å². The van der Waals surface area contributed by atoms with Gasteiger partial charge < -0.3 is 26.4 Å². The highest BCUT2D eigenvalue weighted by molar-refractivity contribution is 6.12. The van der Waals surface area contributed by atoms with Crippen molar-refractivity contribution in [1.82, 2.24) is 5.32 Å². The number of ether oxygens (including phenoxy) is 1. The third kappa shape index (κ3) is 4.68. The second-order valence-electron chi connectivity index (χ2n) is 9.69. The molecule has 0 aromatic heterocycles. The van der Waals surface area contributed by atoms with Crippen LogP contribution in [0, 0.1) is 16.0 Å². The Kier molecular flexibility index (Phi) is 6.31. The number of fused-ring (bicyclic) bond motifs is 2. The van der Waals surface area contributed by atoms with Gasteiger partial charge in [-0.2, -0.15) is 0 Å². The van der Waals surface area contributed by atoms with E-state index in [0.29, 0.717) is 28.2 Å². The molecule has 198 valence electrons. The first-order valence-electron chi connectivity index (χ1n) is 12.3. The fourth-order valence-electron chi connectivity index (χ4n) is 4.78. The summed E-state index contributed by atoms with van der Waals surface area (Å²) in [7, 11) is 1.38. The van der Waals surface area contributed by atoms with E-state index in [4.69, 9.17) is 10.5 Å². The third-order valence-electron chi connectivity index (χ3n) is 7.15. The van der Waals surface area contributed by atoms with E-state index in [2.05, 4.69) is 16.0 Å². The highest BCUT2D eigenvalue weighted by Crippen LogP contribution is 2.39. The number of dihydropyridines is 1. The number of nitro groups is 1. The molecular formula is C29H27N5O5. The minimum Gasteiger partial charge on any atom is -0.490 e. The first-order chi connectivity index (χ1) is 18.6. The van der Waals surface area contributed by atoms with Gasteiger partial charge in [0.05, 0.1) is 46.1 Å². The van der Waals surface area contributed by atoms with Gasteiger partial charge >= 0.3 is 5.69 Å². The van der Waals surface area contributed by atoms with E-state index in [0.717, 1.165) is 16.7 Å². The summed E-state index contributed by atoms with van der Waals surface area (Å²) in [6.45, 7) is 3.75. The maximum atomic E-state index is 13.2. The average Bonchev–Trinajstić information content (AvgIpc) is 3.06. The Balaban J connectivity index is 1.49. The van der Waals surface area contributed by atoms with Crippen LogP contribution in [0.15, 0.2) is 78.5 Å². The molecule has 2 unspecified atom stereocenters. The first-order valence-corrected chi connectivity index (χ1v) is 12.3. The Labute approximate surface area is 224 Å². The van der Waals surface area contributed by atoms with E-state index in [1.165, 1.54) is 13.2 Å². The SMILES string of the molecule is COc1cc(-c2ccc3c(c2)Nc2ccc(C4(C)C=C(C(C)C(N)=O)C=CN4)cc2NC3=O)ccc1[N+](=O)[O-]. The number of methoxy groups -OCH3 is 1. The predicted octanol–water partition coefficient (Wildman–Crippen LogP) is 4.96. The molecule has 0 saturated heterocycles. The van der Waals surface area contributed by atoms with Crippen molar-refractivity contribution in [3.63, 3.8) is 0 Å². The Morgan fingerprint density at radius 1 is 1.03 bits per heavy atom. The normalized spacial score (nSPS) is 18.2. The molecule has 0 radical (unpaired) electrons. The van der Waals surface area contributed by atoms with Gasteiger partial charge in [-0.15, -0.1) is 0 Å². The van der Waals surface area contributed by atoms with Gasteiger partial charge in [0, 0.05) is 6.07 Å². The first kappa shape index (κ1) is 25.5. The molecule has 10 nitrogen and oxygen atoms in total. The zero-order valence-electron chi connectivity index (χ0n) is 21.6. The zero-order valence-corrected chi connectivity index (χ0v) is 21.6. The van der Waals surface area contributed by atoms with Gasteiger partial charge in [-0.05, 0) is 84.8 Å². The number of nitrogens with zero attached hydrogens (tertiary/aromatic N) is 1. The van der Waals surface area contributed by atoms with Crippen molar-refractivity contribution in [2.45, 2.75) is 19.4 Å². The fourth-order valence-corrected chi connectivity index (χ4v) is 4.78. The minimum absolute atomic E-state index is 0.124. The van der Waals surface area contributed by atoms with E-state index in [9.17, 15) is 19.7 Å². The van der Waals surface area contributed by atoms with Gasteiger partial charge in [-0.25, -0.2) is 0 Å². The quantitative estimate of drug-likeness (QED) is 0.262. The van der Waals surface area contributed by atoms with Crippen molar-refractivity contribution >= 4 is 34.6 Å². The molecule has 0 aliphatic carbocycles. The molecule has 10 heteroatoms. The Hall–Kier alpha value is -5.12. The highest BCUT2D eigenvalue weighted by atomic mass is 16.6. The third-order valence-corrected chi connectivity index (χ3v) is 7.15. The van der Waals surface area contributed by atoms with E-state index in [1.54, 1.807) is 37.4 Å². The molecule has 2 aliphatic heterocycles. The van der Waals surface area contributed by atoms with Gasteiger partial charge in [0.2, 0.25) is 5.91 Å². The molecule has 0 fully saturated rings. The predicted molar refractivity (Wildman–Crippen MR) is 149 cm³/mol. The maximum absolute atomic E-state index is 13.2. The van der Waals surface area contributed by atoms with Crippen LogP contribution in [0.25, 0.3) is 11.1 Å². The Morgan fingerprint density at radius 3 is 2.49 bits per heavy atom. The molecule has 2 atom stereocenters. The lowest BCUT2D eigenvalue weighted by Gasteiger charge is -2.32. The number of carbonyl (C=O) groups excluding carboxylic acids is 2. The number of benzene rings is 3. The van der Waals surface area contributed by atoms with Crippen LogP contribution in [0.4, 0.5) is 22.7 Å². The zero-order chi connectivity index (χ0) is 27.9. The Bertz CT molecular complexity index is 1590. The van der Waals surface area contributed by atoms with Crippen molar-refractivity contribution in [2.24, 2.45) is 11.7 Å². The molecule has 3 aromatic carbocycles. The second-order valence-corrected chi connectivity index (χ2v) is 9.69. The van der Waals surface area contributed by atoms with Crippen molar-refractivity contribution < 1.29 is 19.2 Å². The maximum Gasteiger partial charge on any atom is 0.310 e. The highest BCUT2D eigenvalue weighted by Gasteiger charge is 2.29. The number of allylic oxidation sites excluding steroid dienone is 1. The summed E-state index contributed by atoms with van der Waals surface area (Å²) in [5.74, 6) is -0.971. The van der Waals surface area contributed by atoms with Crippen LogP contribution < -0.4 is 26.4 Å². The fraction of sp³-hybridized carbons (Fsp3) is 0.172. The summed E-state index contributed by atoms with van der Waals surface area (Å²) in [5, 5.41) is 20.9. The van der Waals surface area contributed by atoms with Gasteiger partial charge in [0.1, 0.15) is 0 Å². The van der Waals surface area contributed by atoms with Crippen molar-refractivity contribution in [1.29, 1.82) is 0 Å². The standard InChI is InChI=1S/C29H27N5O5/c1-16(27(30)35)19-10-11-31-29(2,15-19)20-6-8-22-24(14-20)33-28(36)21-7-4-17(12-23(21)32-22)18-5-9-25(34(37)38)26(13-18)39-3/h4-16,31-32H,1-3H3,(H2,30,35)(H,33,36). The molecule has 2 heterocycles. The number of carbonyl (C=O) groups is 2. The van der Waals surface area contributed by atoms with E-state index in [-0.39, 0.29) is 17.3 Å². The number of primary amides is 1. The number of anilines is 3. The van der Waals surface area contributed by atoms with Crippen LogP contribution in [0.3, 0.4) is 0 Å². The molecule has 3 aromatic rings. The number of rotatable bonds is 6. The smallest absolute Gasteiger partial charge is 0.310 e. The van der Waals surface area contributed by atoms with Gasteiger partial charge in [-0.1, -0.05) is 18.2 Å². The summed E-state index contributed by atoms with van der Waals surface area (Å²) in [4.78, 5) is 35.7. The molecule has 0 bridgehead atoms. The monoisotopic (exact) mass is 525 g/mol. The van der Waals surface area contributed by atoms with Crippen LogP contribution in [0.2, 0.25) is 0 Å².